The lowest BCUT2D eigenvalue weighted by Gasteiger charge is -2.16. The number of benzene rings is 2. The minimum absolute atomic E-state index is 0.204. The third-order valence-electron chi connectivity index (χ3n) is 4.31. The zero-order valence-electron chi connectivity index (χ0n) is 14.6. The molecule has 0 saturated heterocycles. The summed E-state index contributed by atoms with van der Waals surface area (Å²) in [7, 11) is -2.06. The molecule has 1 aromatic heterocycles. The third-order valence-corrected chi connectivity index (χ3v) is 6.12. The van der Waals surface area contributed by atoms with Gasteiger partial charge in [0.05, 0.1) is 24.2 Å². The van der Waals surface area contributed by atoms with E-state index in [0.29, 0.717) is 17.2 Å². The van der Waals surface area contributed by atoms with E-state index >= 15 is 0 Å². The van der Waals surface area contributed by atoms with Crippen molar-refractivity contribution in [2.75, 3.05) is 7.11 Å². The first-order valence-electron chi connectivity index (χ1n) is 8.27. The van der Waals surface area contributed by atoms with Gasteiger partial charge >= 0.3 is 0 Å². The van der Waals surface area contributed by atoms with Crippen LogP contribution in [0.2, 0.25) is 0 Å². The molecule has 0 aliphatic carbocycles. The van der Waals surface area contributed by atoms with Gasteiger partial charge in [-0.15, -0.1) is 0 Å². The van der Waals surface area contributed by atoms with E-state index in [2.05, 4.69) is 9.97 Å². The molecule has 0 fully saturated rings. The van der Waals surface area contributed by atoms with Gasteiger partial charge in [-0.1, -0.05) is 12.1 Å². The summed E-state index contributed by atoms with van der Waals surface area (Å²) in [6.45, 7) is 0.525. The molecule has 0 amide bonds. The number of nitrogens with zero attached hydrogens (tertiary/aromatic N) is 3. The first kappa shape index (κ1) is 17.4. The van der Waals surface area contributed by atoms with Crippen LogP contribution in [-0.2, 0) is 23.1 Å². The molecule has 1 aliphatic rings. The van der Waals surface area contributed by atoms with Crippen LogP contribution in [0, 0.1) is 0 Å². The molecule has 2 aromatic carbocycles. The van der Waals surface area contributed by atoms with Crippen molar-refractivity contribution in [3.63, 3.8) is 0 Å². The van der Waals surface area contributed by atoms with E-state index in [1.807, 2.05) is 12.1 Å². The second kappa shape index (κ2) is 6.98. The van der Waals surface area contributed by atoms with Crippen molar-refractivity contribution in [3.05, 3.63) is 72.3 Å². The highest BCUT2D eigenvalue weighted by atomic mass is 32.2. The Bertz CT molecular complexity index is 1040. The summed E-state index contributed by atoms with van der Waals surface area (Å²) in [6.07, 6.45) is 3.08. The number of sulfonamides is 1. The number of para-hydroxylation sites is 2. The van der Waals surface area contributed by atoms with Crippen molar-refractivity contribution in [1.82, 2.24) is 14.3 Å². The van der Waals surface area contributed by atoms with E-state index in [1.165, 1.54) is 22.8 Å². The molecule has 0 radical (unpaired) electrons. The number of hydrogen-bond donors (Lipinski definition) is 0. The fourth-order valence-corrected chi connectivity index (χ4v) is 4.28. The molecule has 0 N–H and O–H groups in total. The number of fused-ring (bicyclic) bond motifs is 1. The molecule has 0 saturated carbocycles. The summed E-state index contributed by atoms with van der Waals surface area (Å²) in [6, 6.07) is 13.6. The Morgan fingerprint density at radius 1 is 1.00 bits per heavy atom. The molecule has 1 aliphatic heterocycles. The molecule has 7 nitrogen and oxygen atoms in total. The molecule has 0 atom stereocenters. The number of rotatable bonds is 5. The molecule has 138 valence electrons. The average molecular weight is 383 g/mol. The van der Waals surface area contributed by atoms with E-state index in [9.17, 15) is 8.42 Å². The second-order valence-electron chi connectivity index (χ2n) is 5.99. The maximum Gasteiger partial charge on any atom is 0.243 e. The molecule has 2 heterocycles. The van der Waals surface area contributed by atoms with Crippen LogP contribution in [0.15, 0.2) is 66.0 Å². The summed E-state index contributed by atoms with van der Waals surface area (Å²) in [4.78, 5) is 8.30. The highest BCUT2D eigenvalue weighted by molar-refractivity contribution is 7.89. The predicted molar refractivity (Wildman–Crippen MR) is 98.0 cm³/mol. The summed E-state index contributed by atoms with van der Waals surface area (Å²) >= 11 is 0. The standard InChI is InChI=1S/C19H17N3O4S/c1-25-18-4-2-3-5-19(18)26-15-6-8-16(9-7-15)27(23,24)22-11-14-10-20-13-21-17(14)12-22/h2-10,13H,11-12H2,1H3. The van der Waals surface area contributed by atoms with Crippen molar-refractivity contribution in [2.45, 2.75) is 18.0 Å². The quantitative estimate of drug-likeness (QED) is 0.674. The largest absolute Gasteiger partial charge is 0.493 e. The lowest BCUT2D eigenvalue weighted by atomic mass is 10.3. The maximum atomic E-state index is 12.9. The van der Waals surface area contributed by atoms with Gasteiger partial charge in [0.1, 0.15) is 12.1 Å². The van der Waals surface area contributed by atoms with E-state index in [0.717, 1.165) is 11.3 Å². The monoisotopic (exact) mass is 383 g/mol. The topological polar surface area (TPSA) is 81.6 Å². The number of hydrogen-bond acceptors (Lipinski definition) is 6. The van der Waals surface area contributed by atoms with Crippen molar-refractivity contribution < 1.29 is 17.9 Å². The number of ether oxygens (including phenoxy) is 2. The van der Waals surface area contributed by atoms with Crippen molar-refractivity contribution >= 4 is 10.0 Å². The molecule has 4 rings (SSSR count). The van der Waals surface area contributed by atoms with Gasteiger partial charge in [-0.3, -0.25) is 0 Å². The lowest BCUT2D eigenvalue weighted by Crippen LogP contribution is -2.25. The zero-order valence-corrected chi connectivity index (χ0v) is 15.4. The van der Waals surface area contributed by atoms with E-state index in [1.54, 1.807) is 37.6 Å². The minimum atomic E-state index is -3.62. The van der Waals surface area contributed by atoms with Crippen LogP contribution in [0.5, 0.6) is 17.2 Å². The van der Waals surface area contributed by atoms with Crippen molar-refractivity contribution in [1.29, 1.82) is 0 Å². The molecule has 27 heavy (non-hydrogen) atoms. The van der Waals surface area contributed by atoms with Crippen molar-refractivity contribution in [2.24, 2.45) is 0 Å². The average Bonchev–Trinajstić information content (AvgIpc) is 3.14. The molecule has 3 aromatic rings. The summed E-state index contributed by atoms with van der Waals surface area (Å²) in [5.74, 6) is 1.68. The first-order valence-corrected chi connectivity index (χ1v) is 9.71. The van der Waals surface area contributed by atoms with E-state index < -0.39 is 10.0 Å². The highest BCUT2D eigenvalue weighted by Crippen LogP contribution is 2.32. The van der Waals surface area contributed by atoms with Crippen LogP contribution < -0.4 is 9.47 Å². The summed E-state index contributed by atoms with van der Waals surface area (Å²) < 4.78 is 38.2. The first-order chi connectivity index (χ1) is 13.1. The number of methoxy groups -OCH3 is 1. The lowest BCUT2D eigenvalue weighted by molar-refractivity contribution is 0.378. The normalized spacial score (nSPS) is 14.0. The van der Waals surface area contributed by atoms with E-state index in [-0.39, 0.29) is 18.0 Å². The Morgan fingerprint density at radius 2 is 1.74 bits per heavy atom. The minimum Gasteiger partial charge on any atom is -0.493 e. The Hall–Kier alpha value is -2.97. The predicted octanol–water partition coefficient (Wildman–Crippen LogP) is 2.98. The molecular weight excluding hydrogens is 366 g/mol. The van der Waals surface area contributed by atoms with Crippen LogP contribution in [0.3, 0.4) is 0 Å². The fourth-order valence-electron chi connectivity index (χ4n) is 2.90. The summed E-state index contributed by atoms with van der Waals surface area (Å²) in [5, 5.41) is 0. The van der Waals surface area contributed by atoms with Gasteiger partial charge in [0.2, 0.25) is 10.0 Å². The van der Waals surface area contributed by atoms with Gasteiger partial charge in [-0.05, 0) is 36.4 Å². The molecule has 8 heteroatoms. The Balaban J connectivity index is 1.54. The molecular formula is C19H17N3O4S. The zero-order chi connectivity index (χ0) is 18.9. The fraction of sp³-hybridized carbons (Fsp3) is 0.158. The van der Waals surface area contributed by atoms with Crippen LogP contribution in [0.1, 0.15) is 11.3 Å². The Labute approximate surface area is 157 Å². The Morgan fingerprint density at radius 3 is 2.44 bits per heavy atom. The van der Waals surface area contributed by atoms with Gasteiger partial charge in [-0.25, -0.2) is 18.4 Å². The van der Waals surface area contributed by atoms with Crippen LogP contribution in [0.25, 0.3) is 0 Å². The third kappa shape index (κ3) is 3.36. The summed E-state index contributed by atoms with van der Waals surface area (Å²) in [5.41, 5.74) is 1.57. The molecule has 0 bridgehead atoms. The van der Waals surface area contributed by atoms with Gasteiger partial charge in [0.25, 0.3) is 0 Å². The second-order valence-corrected chi connectivity index (χ2v) is 7.93. The SMILES string of the molecule is COc1ccccc1Oc1ccc(S(=O)(=O)N2Cc3cncnc3C2)cc1. The van der Waals surface area contributed by atoms with Gasteiger partial charge in [0, 0.05) is 18.3 Å². The molecule has 0 spiro atoms. The van der Waals surface area contributed by atoms with Crippen LogP contribution in [-0.4, -0.2) is 29.8 Å². The highest BCUT2D eigenvalue weighted by Gasteiger charge is 2.31. The van der Waals surface area contributed by atoms with Crippen LogP contribution in [0.4, 0.5) is 0 Å². The van der Waals surface area contributed by atoms with Crippen molar-refractivity contribution in [3.8, 4) is 17.2 Å². The van der Waals surface area contributed by atoms with E-state index in [4.69, 9.17) is 9.47 Å². The van der Waals surface area contributed by atoms with Crippen LogP contribution >= 0.6 is 0 Å². The smallest absolute Gasteiger partial charge is 0.243 e. The molecule has 0 unspecified atom stereocenters. The van der Waals surface area contributed by atoms with Gasteiger partial charge in [-0.2, -0.15) is 4.31 Å². The van der Waals surface area contributed by atoms with Gasteiger partial charge in [0.15, 0.2) is 11.5 Å². The van der Waals surface area contributed by atoms with Gasteiger partial charge < -0.3 is 9.47 Å². The maximum absolute atomic E-state index is 12.9. The Kier molecular flexibility index (Phi) is 4.51. The number of aromatic nitrogens is 2.